The van der Waals surface area contributed by atoms with Crippen LogP contribution >= 0.6 is 11.8 Å². The number of para-hydroxylation sites is 2. The molecule has 4 aromatic rings. The van der Waals surface area contributed by atoms with E-state index < -0.39 is 0 Å². The largest absolute Gasteiger partial charge is 0.496 e. The minimum Gasteiger partial charge on any atom is -0.496 e. The zero-order valence-electron chi connectivity index (χ0n) is 16.7. The molecule has 0 radical (unpaired) electrons. The average molecular weight is 423 g/mol. The highest BCUT2D eigenvalue weighted by Gasteiger charge is 2.20. The van der Waals surface area contributed by atoms with Crippen LogP contribution in [-0.2, 0) is 11.3 Å². The highest BCUT2D eigenvalue weighted by atomic mass is 32.2. The Morgan fingerprint density at radius 2 is 2.00 bits per heavy atom. The van der Waals surface area contributed by atoms with E-state index in [1.807, 2.05) is 52.9 Å². The molecule has 7 nitrogen and oxygen atoms in total. The van der Waals surface area contributed by atoms with Crippen LogP contribution in [-0.4, -0.2) is 45.2 Å². The van der Waals surface area contributed by atoms with Crippen molar-refractivity contribution < 1.29 is 9.47 Å². The molecule has 1 aliphatic rings. The van der Waals surface area contributed by atoms with Gasteiger partial charge in [0.25, 0.3) is 5.56 Å². The molecule has 2 aromatic heterocycles. The molecule has 154 valence electrons. The lowest BCUT2D eigenvalue weighted by atomic mass is 10.2. The molecule has 0 aliphatic carbocycles. The number of hydrogen-bond donors (Lipinski definition) is 0. The molecule has 1 fully saturated rings. The Bertz CT molecular complexity index is 1260. The van der Waals surface area contributed by atoms with E-state index in [2.05, 4.69) is 10.2 Å². The van der Waals surface area contributed by atoms with E-state index in [4.69, 9.17) is 9.47 Å². The third-order valence-electron chi connectivity index (χ3n) is 5.47. The van der Waals surface area contributed by atoms with Crippen molar-refractivity contribution in [3.05, 3.63) is 64.4 Å². The summed E-state index contributed by atoms with van der Waals surface area (Å²) in [6, 6.07) is 15.3. The van der Waals surface area contributed by atoms with E-state index in [0.29, 0.717) is 23.6 Å². The monoisotopic (exact) mass is 422 g/mol. The summed E-state index contributed by atoms with van der Waals surface area (Å²) in [6.45, 7) is 1.98. The first kappa shape index (κ1) is 19.1. The van der Waals surface area contributed by atoms with Crippen LogP contribution in [0.25, 0.3) is 16.7 Å². The van der Waals surface area contributed by atoms with Crippen LogP contribution in [0, 0.1) is 5.92 Å². The summed E-state index contributed by atoms with van der Waals surface area (Å²) in [6.07, 6.45) is 1.07. The molecule has 8 heteroatoms. The number of fused-ring (bicyclic) bond motifs is 3. The second-order valence-corrected chi connectivity index (χ2v) is 8.37. The number of methoxy groups -OCH3 is 1. The van der Waals surface area contributed by atoms with Gasteiger partial charge in [-0.05, 0) is 30.5 Å². The Labute approximate surface area is 177 Å². The number of hydrogen-bond acceptors (Lipinski definition) is 6. The Morgan fingerprint density at radius 1 is 1.17 bits per heavy atom. The summed E-state index contributed by atoms with van der Waals surface area (Å²) in [5.41, 5.74) is 1.65. The molecule has 1 atom stereocenters. The molecule has 0 amide bonds. The molecular formula is C22H22N4O3S. The molecule has 0 N–H and O–H groups in total. The standard InChI is InChI=1S/C22H22N4O3S/c1-28-19-9-5-2-6-16(19)12-25-20(27)17-7-3-4-8-18(17)26-21(25)23-24-22(26)30-14-15-10-11-29-13-15/h2-9,15H,10-14H2,1H3. The smallest absolute Gasteiger partial charge is 0.263 e. The zero-order chi connectivity index (χ0) is 20.5. The molecule has 30 heavy (non-hydrogen) atoms. The van der Waals surface area contributed by atoms with Crippen molar-refractivity contribution in [1.29, 1.82) is 0 Å². The van der Waals surface area contributed by atoms with Gasteiger partial charge in [-0.25, -0.2) is 0 Å². The quantitative estimate of drug-likeness (QED) is 0.445. The molecule has 2 aromatic carbocycles. The highest BCUT2D eigenvalue weighted by molar-refractivity contribution is 7.99. The number of thioether (sulfide) groups is 1. The van der Waals surface area contributed by atoms with Gasteiger partial charge in [-0.15, -0.1) is 10.2 Å². The van der Waals surface area contributed by atoms with Crippen LogP contribution in [0.1, 0.15) is 12.0 Å². The molecule has 0 bridgehead atoms. The molecule has 1 aliphatic heterocycles. The van der Waals surface area contributed by atoms with Crippen molar-refractivity contribution in [2.45, 2.75) is 18.1 Å². The molecule has 0 saturated carbocycles. The second kappa shape index (κ2) is 8.12. The predicted octanol–water partition coefficient (Wildman–Crippen LogP) is 3.23. The first-order valence-electron chi connectivity index (χ1n) is 9.95. The minimum atomic E-state index is -0.0860. The number of nitrogens with zero attached hydrogens (tertiary/aromatic N) is 4. The van der Waals surface area contributed by atoms with Gasteiger partial charge in [0.15, 0.2) is 5.16 Å². The van der Waals surface area contributed by atoms with Crippen LogP contribution in [0.4, 0.5) is 0 Å². The van der Waals surface area contributed by atoms with Crippen LogP contribution in [0.5, 0.6) is 5.75 Å². The first-order chi connectivity index (χ1) is 14.8. The fraction of sp³-hybridized carbons (Fsp3) is 0.318. The number of benzene rings is 2. The lowest BCUT2D eigenvalue weighted by molar-refractivity contribution is 0.189. The predicted molar refractivity (Wildman–Crippen MR) is 116 cm³/mol. The summed E-state index contributed by atoms with van der Waals surface area (Å²) < 4.78 is 14.6. The third-order valence-corrected chi connectivity index (χ3v) is 6.63. The van der Waals surface area contributed by atoms with Gasteiger partial charge in [-0.2, -0.15) is 0 Å². The molecule has 1 saturated heterocycles. The Balaban J connectivity index is 1.64. The first-order valence-corrected chi connectivity index (χ1v) is 10.9. The van der Waals surface area contributed by atoms with Crippen molar-refractivity contribution in [3.63, 3.8) is 0 Å². The maximum absolute atomic E-state index is 13.3. The maximum Gasteiger partial charge on any atom is 0.263 e. The van der Waals surface area contributed by atoms with Gasteiger partial charge in [0.1, 0.15) is 5.75 Å². The summed E-state index contributed by atoms with van der Waals surface area (Å²) in [5.74, 6) is 2.72. The lowest BCUT2D eigenvalue weighted by Crippen LogP contribution is -2.24. The topological polar surface area (TPSA) is 70.7 Å². The van der Waals surface area contributed by atoms with E-state index >= 15 is 0 Å². The molecule has 0 spiro atoms. The SMILES string of the molecule is COc1ccccc1Cn1c(=O)c2ccccc2n2c(SCC3CCOC3)nnc12. The van der Waals surface area contributed by atoms with Crippen molar-refractivity contribution in [3.8, 4) is 5.75 Å². The van der Waals surface area contributed by atoms with Gasteiger partial charge < -0.3 is 9.47 Å². The van der Waals surface area contributed by atoms with Crippen molar-refractivity contribution in [1.82, 2.24) is 19.2 Å². The van der Waals surface area contributed by atoms with E-state index in [1.54, 1.807) is 23.4 Å². The van der Waals surface area contributed by atoms with Gasteiger partial charge in [0.05, 0.1) is 31.2 Å². The van der Waals surface area contributed by atoms with Gasteiger partial charge >= 0.3 is 0 Å². The van der Waals surface area contributed by atoms with Crippen LogP contribution in [0.15, 0.2) is 58.5 Å². The fourth-order valence-electron chi connectivity index (χ4n) is 3.88. The molecule has 5 rings (SSSR count). The van der Waals surface area contributed by atoms with Crippen LogP contribution in [0.3, 0.4) is 0 Å². The second-order valence-electron chi connectivity index (χ2n) is 7.38. The number of aromatic nitrogens is 4. The molecule has 3 heterocycles. The van der Waals surface area contributed by atoms with Gasteiger partial charge in [-0.1, -0.05) is 42.1 Å². The zero-order valence-corrected chi connectivity index (χ0v) is 17.5. The minimum absolute atomic E-state index is 0.0860. The maximum atomic E-state index is 13.3. The highest BCUT2D eigenvalue weighted by Crippen LogP contribution is 2.27. The Kier molecular flexibility index (Phi) is 5.18. The van der Waals surface area contributed by atoms with Crippen LogP contribution < -0.4 is 10.3 Å². The number of ether oxygens (including phenoxy) is 2. The summed E-state index contributed by atoms with van der Waals surface area (Å²) in [7, 11) is 1.64. The Hall–Kier alpha value is -2.84. The van der Waals surface area contributed by atoms with E-state index in [0.717, 1.165) is 47.4 Å². The van der Waals surface area contributed by atoms with Gasteiger partial charge in [0.2, 0.25) is 5.78 Å². The average Bonchev–Trinajstić information content (AvgIpc) is 3.45. The summed E-state index contributed by atoms with van der Waals surface area (Å²) >= 11 is 1.67. The van der Waals surface area contributed by atoms with E-state index in [-0.39, 0.29) is 5.56 Å². The Morgan fingerprint density at radius 3 is 2.83 bits per heavy atom. The lowest BCUT2D eigenvalue weighted by Gasteiger charge is -2.13. The van der Waals surface area contributed by atoms with Gasteiger partial charge in [0, 0.05) is 17.9 Å². The molecular weight excluding hydrogens is 400 g/mol. The summed E-state index contributed by atoms with van der Waals surface area (Å²) in [5, 5.41) is 10.3. The van der Waals surface area contributed by atoms with Crippen molar-refractivity contribution >= 4 is 28.4 Å². The normalized spacial score (nSPS) is 16.5. The third kappa shape index (κ3) is 3.36. The van der Waals surface area contributed by atoms with Crippen molar-refractivity contribution in [2.24, 2.45) is 5.92 Å². The fourth-order valence-corrected chi connectivity index (χ4v) is 4.94. The van der Waals surface area contributed by atoms with Gasteiger partial charge in [-0.3, -0.25) is 13.8 Å². The molecule has 1 unspecified atom stereocenters. The van der Waals surface area contributed by atoms with E-state index in [1.165, 1.54) is 0 Å². The van der Waals surface area contributed by atoms with E-state index in [9.17, 15) is 4.79 Å². The number of rotatable bonds is 6. The van der Waals surface area contributed by atoms with Crippen LogP contribution in [0.2, 0.25) is 0 Å². The van der Waals surface area contributed by atoms with Crippen molar-refractivity contribution in [2.75, 3.05) is 26.1 Å². The summed E-state index contributed by atoms with van der Waals surface area (Å²) in [4.78, 5) is 13.3.